The van der Waals surface area contributed by atoms with Crippen molar-refractivity contribution in [2.24, 2.45) is 11.8 Å². The van der Waals surface area contributed by atoms with E-state index in [9.17, 15) is 4.79 Å². The van der Waals surface area contributed by atoms with Crippen LogP contribution in [0.3, 0.4) is 0 Å². The number of benzene rings is 1. The van der Waals surface area contributed by atoms with E-state index in [0.717, 1.165) is 37.6 Å². The Kier molecular flexibility index (Phi) is 3.59. The highest BCUT2D eigenvalue weighted by molar-refractivity contribution is 5.81. The molecule has 2 aliphatic carbocycles. The summed E-state index contributed by atoms with van der Waals surface area (Å²) in [7, 11) is 1.74. The predicted octanol–water partition coefficient (Wildman–Crippen LogP) is 3.37. The molecule has 1 aromatic rings. The lowest BCUT2D eigenvalue weighted by Gasteiger charge is -2.35. The van der Waals surface area contributed by atoms with E-state index in [1.807, 2.05) is 0 Å². The number of fused-ring (bicyclic) bond motifs is 1. The molecule has 118 valence electrons. The van der Waals surface area contributed by atoms with Gasteiger partial charge in [0.25, 0.3) is 0 Å². The van der Waals surface area contributed by atoms with Crippen molar-refractivity contribution in [3.8, 4) is 5.75 Å². The van der Waals surface area contributed by atoms with Crippen molar-refractivity contribution in [2.75, 3.05) is 20.2 Å². The highest BCUT2D eigenvalue weighted by Gasteiger charge is 2.37. The van der Waals surface area contributed by atoms with Gasteiger partial charge in [-0.1, -0.05) is 6.07 Å². The number of likely N-dealkylation sites (tertiary alicyclic amines) is 1. The largest absolute Gasteiger partial charge is 0.497 e. The number of carbonyl (C=O) groups excluding carboxylic acids is 1. The minimum atomic E-state index is 0.369. The molecule has 3 nitrogen and oxygen atoms in total. The molecule has 0 spiro atoms. The van der Waals surface area contributed by atoms with Crippen LogP contribution in [0.5, 0.6) is 5.75 Å². The number of methoxy groups -OCH3 is 1. The van der Waals surface area contributed by atoms with Crippen LogP contribution in [0.4, 0.5) is 0 Å². The first-order chi connectivity index (χ1) is 10.8. The second kappa shape index (κ2) is 5.60. The first-order valence-electron chi connectivity index (χ1n) is 8.72. The quantitative estimate of drug-likeness (QED) is 0.856. The molecule has 1 atom stereocenters. The zero-order valence-corrected chi connectivity index (χ0v) is 13.4. The van der Waals surface area contributed by atoms with Crippen LogP contribution in [-0.2, 0) is 11.2 Å². The summed E-state index contributed by atoms with van der Waals surface area (Å²) in [6.45, 7) is 1.94. The predicted molar refractivity (Wildman–Crippen MR) is 86.1 cm³/mol. The number of amides is 1. The van der Waals surface area contributed by atoms with Gasteiger partial charge in [0.1, 0.15) is 5.75 Å². The van der Waals surface area contributed by atoms with Crippen LogP contribution in [0.15, 0.2) is 18.2 Å². The van der Waals surface area contributed by atoms with Crippen molar-refractivity contribution < 1.29 is 9.53 Å². The molecule has 0 bridgehead atoms. The number of ether oxygens (including phenoxy) is 1. The fourth-order valence-electron chi connectivity index (χ4n) is 4.34. The summed E-state index contributed by atoms with van der Waals surface area (Å²) in [6, 6.07) is 6.56. The molecule has 2 fully saturated rings. The Morgan fingerprint density at radius 3 is 2.59 bits per heavy atom. The summed E-state index contributed by atoms with van der Waals surface area (Å²) in [6.07, 6.45) is 7.04. The fourth-order valence-corrected chi connectivity index (χ4v) is 4.34. The number of rotatable bonds is 3. The Bertz CT molecular complexity index is 571. The molecule has 1 aliphatic heterocycles. The zero-order valence-electron chi connectivity index (χ0n) is 13.4. The summed E-state index contributed by atoms with van der Waals surface area (Å²) in [5, 5.41) is 0. The molecule has 3 aliphatic rings. The third-order valence-electron chi connectivity index (χ3n) is 5.82. The Balaban J connectivity index is 1.43. The maximum absolute atomic E-state index is 12.2. The van der Waals surface area contributed by atoms with Crippen molar-refractivity contribution in [1.29, 1.82) is 0 Å². The molecule has 4 rings (SSSR count). The summed E-state index contributed by atoms with van der Waals surface area (Å²) < 4.78 is 5.40. The Labute approximate surface area is 132 Å². The molecule has 0 aromatic heterocycles. The molecule has 0 N–H and O–H groups in total. The highest BCUT2D eigenvalue weighted by Crippen LogP contribution is 2.44. The average molecular weight is 299 g/mol. The van der Waals surface area contributed by atoms with E-state index in [1.165, 1.54) is 36.8 Å². The maximum Gasteiger partial charge on any atom is 0.225 e. The third kappa shape index (κ3) is 2.51. The second-order valence-electron chi connectivity index (χ2n) is 7.15. The van der Waals surface area contributed by atoms with Crippen LogP contribution in [0, 0.1) is 11.8 Å². The monoisotopic (exact) mass is 299 g/mol. The summed E-state index contributed by atoms with van der Waals surface area (Å²) in [5.74, 6) is 3.17. The van der Waals surface area contributed by atoms with Crippen LogP contribution >= 0.6 is 0 Å². The zero-order chi connectivity index (χ0) is 15.1. The minimum absolute atomic E-state index is 0.369. The standard InChI is InChI=1S/C19H25NO2/c1-22-16-6-4-13-5-7-17(18(13)12-16)14-8-10-20(11-9-14)19(21)15-2-3-15/h4,6,12,14-15,17H,2-3,5,7-11H2,1H3. The molecule has 0 radical (unpaired) electrons. The van der Waals surface area contributed by atoms with Crippen LogP contribution in [0.2, 0.25) is 0 Å². The molecule has 22 heavy (non-hydrogen) atoms. The van der Waals surface area contributed by atoms with Crippen LogP contribution in [0.25, 0.3) is 0 Å². The van der Waals surface area contributed by atoms with Crippen molar-refractivity contribution >= 4 is 5.91 Å². The van der Waals surface area contributed by atoms with Crippen molar-refractivity contribution in [1.82, 2.24) is 4.90 Å². The van der Waals surface area contributed by atoms with Gasteiger partial charge in [0.2, 0.25) is 5.91 Å². The molecule has 1 heterocycles. The van der Waals surface area contributed by atoms with Gasteiger partial charge in [-0.2, -0.15) is 0 Å². The van der Waals surface area contributed by atoms with Crippen molar-refractivity contribution in [3.63, 3.8) is 0 Å². The van der Waals surface area contributed by atoms with Gasteiger partial charge in [0, 0.05) is 19.0 Å². The first kappa shape index (κ1) is 14.1. The number of nitrogens with zero attached hydrogens (tertiary/aromatic N) is 1. The Morgan fingerprint density at radius 1 is 1.14 bits per heavy atom. The molecule has 1 saturated carbocycles. The number of carbonyl (C=O) groups is 1. The number of aryl methyl sites for hydroxylation is 1. The highest BCUT2D eigenvalue weighted by atomic mass is 16.5. The lowest BCUT2D eigenvalue weighted by molar-refractivity contribution is -0.134. The number of hydrogen-bond acceptors (Lipinski definition) is 2. The van der Waals surface area contributed by atoms with E-state index in [0.29, 0.717) is 17.7 Å². The van der Waals surface area contributed by atoms with Gasteiger partial charge in [-0.25, -0.2) is 0 Å². The fraction of sp³-hybridized carbons (Fsp3) is 0.632. The minimum Gasteiger partial charge on any atom is -0.497 e. The van der Waals surface area contributed by atoms with Crippen LogP contribution in [0.1, 0.15) is 49.1 Å². The van der Waals surface area contributed by atoms with Gasteiger partial charge in [-0.05, 0) is 73.6 Å². The summed E-state index contributed by atoms with van der Waals surface area (Å²) in [4.78, 5) is 14.3. The SMILES string of the molecule is COc1ccc2c(c1)C(C1CCN(C(=O)C3CC3)CC1)CC2. The van der Waals surface area contributed by atoms with Gasteiger partial charge in [0.15, 0.2) is 0 Å². The van der Waals surface area contributed by atoms with Gasteiger partial charge in [-0.15, -0.1) is 0 Å². The Morgan fingerprint density at radius 2 is 1.91 bits per heavy atom. The summed E-state index contributed by atoms with van der Waals surface area (Å²) >= 11 is 0. The smallest absolute Gasteiger partial charge is 0.225 e. The molecular weight excluding hydrogens is 274 g/mol. The van der Waals surface area contributed by atoms with Gasteiger partial charge < -0.3 is 9.64 Å². The molecule has 1 amide bonds. The van der Waals surface area contributed by atoms with Crippen LogP contribution in [-0.4, -0.2) is 31.0 Å². The van der Waals surface area contributed by atoms with Crippen LogP contribution < -0.4 is 4.74 Å². The average Bonchev–Trinajstić information content (AvgIpc) is 3.33. The van der Waals surface area contributed by atoms with E-state index in [2.05, 4.69) is 23.1 Å². The maximum atomic E-state index is 12.2. The van der Waals surface area contributed by atoms with E-state index in [1.54, 1.807) is 7.11 Å². The lowest BCUT2D eigenvalue weighted by Crippen LogP contribution is -2.40. The van der Waals surface area contributed by atoms with Crippen molar-refractivity contribution in [3.05, 3.63) is 29.3 Å². The first-order valence-corrected chi connectivity index (χ1v) is 8.72. The normalized spacial score (nSPS) is 25.1. The van der Waals surface area contributed by atoms with Gasteiger partial charge in [-0.3, -0.25) is 4.79 Å². The Hall–Kier alpha value is -1.51. The molecule has 1 aromatic carbocycles. The van der Waals surface area contributed by atoms with E-state index >= 15 is 0 Å². The molecule has 1 unspecified atom stereocenters. The third-order valence-corrected chi connectivity index (χ3v) is 5.82. The van der Waals surface area contributed by atoms with E-state index in [4.69, 9.17) is 4.74 Å². The van der Waals surface area contributed by atoms with Crippen molar-refractivity contribution in [2.45, 2.75) is 44.4 Å². The van der Waals surface area contributed by atoms with E-state index in [-0.39, 0.29) is 0 Å². The second-order valence-corrected chi connectivity index (χ2v) is 7.15. The lowest BCUT2D eigenvalue weighted by atomic mass is 9.81. The van der Waals surface area contributed by atoms with Gasteiger partial charge >= 0.3 is 0 Å². The summed E-state index contributed by atoms with van der Waals surface area (Å²) in [5.41, 5.74) is 3.01. The number of piperidine rings is 1. The van der Waals surface area contributed by atoms with E-state index < -0.39 is 0 Å². The molecular formula is C19H25NO2. The molecule has 1 saturated heterocycles. The molecule has 3 heteroatoms. The van der Waals surface area contributed by atoms with Gasteiger partial charge in [0.05, 0.1) is 7.11 Å². The topological polar surface area (TPSA) is 29.5 Å². The number of hydrogen-bond donors (Lipinski definition) is 0.